The molecule has 2 rings (SSSR count). The van der Waals surface area contributed by atoms with E-state index in [0.29, 0.717) is 5.69 Å². The Morgan fingerprint density at radius 3 is 2.19 bits per heavy atom. The molecule has 10 heteroatoms. The van der Waals surface area contributed by atoms with Crippen LogP contribution in [-0.4, -0.2) is 37.3 Å². The first-order valence-corrected chi connectivity index (χ1v) is 9.22. The Balaban J connectivity index is 1.99. The fraction of sp³-hybridized carbons (Fsp3) is 0.176. The Kier molecular flexibility index (Phi) is 6.24. The summed E-state index contributed by atoms with van der Waals surface area (Å²) in [4.78, 5) is 38.6. The molecule has 0 saturated heterocycles. The van der Waals surface area contributed by atoms with Crippen molar-refractivity contribution in [3.8, 4) is 0 Å². The summed E-state index contributed by atoms with van der Waals surface area (Å²) < 4.78 is 30.6. The van der Waals surface area contributed by atoms with E-state index in [-0.39, 0.29) is 10.5 Å². The number of nitrogens with zero attached hydrogens (tertiary/aromatic N) is 1. The Morgan fingerprint density at radius 1 is 1.04 bits per heavy atom. The summed E-state index contributed by atoms with van der Waals surface area (Å²) in [5.41, 5.74) is 0.561. The second kappa shape index (κ2) is 8.41. The summed E-state index contributed by atoms with van der Waals surface area (Å²) in [5.74, 6) is -1.97. The number of hydrogen-bond donors (Lipinski definition) is 2. The average Bonchev–Trinajstić information content (AvgIpc) is 2.61. The maximum absolute atomic E-state index is 12.1. The Labute approximate surface area is 155 Å². The summed E-state index contributed by atoms with van der Waals surface area (Å²) >= 11 is 0. The van der Waals surface area contributed by atoms with Gasteiger partial charge in [0.2, 0.25) is 5.91 Å². The Hall–Kier alpha value is -3.27. The third kappa shape index (κ3) is 5.61. The summed E-state index contributed by atoms with van der Waals surface area (Å²) in [5, 5.41) is 2.51. The van der Waals surface area contributed by atoms with Gasteiger partial charge in [0.25, 0.3) is 15.9 Å². The van der Waals surface area contributed by atoms with Gasteiger partial charge in [-0.2, -0.15) is 0 Å². The number of carbonyl (C=O) groups is 3. The monoisotopic (exact) mass is 391 g/mol. The van der Waals surface area contributed by atoms with Crippen LogP contribution in [0.15, 0.2) is 53.7 Å². The number of benzene rings is 1. The molecule has 0 bridgehead atoms. The molecule has 0 spiro atoms. The summed E-state index contributed by atoms with van der Waals surface area (Å²) in [6, 6.07) is 8.08. The first-order chi connectivity index (χ1) is 12.7. The number of esters is 1. The van der Waals surface area contributed by atoms with Crippen LogP contribution in [0.3, 0.4) is 0 Å². The third-order valence-electron chi connectivity index (χ3n) is 3.28. The fourth-order valence-electron chi connectivity index (χ4n) is 1.98. The van der Waals surface area contributed by atoms with Gasteiger partial charge >= 0.3 is 5.97 Å². The van der Waals surface area contributed by atoms with E-state index < -0.39 is 33.9 Å². The van der Waals surface area contributed by atoms with E-state index in [1.165, 1.54) is 55.7 Å². The number of hydrogen-bond acceptors (Lipinski definition) is 7. The highest BCUT2D eigenvalue weighted by atomic mass is 32.2. The molecule has 0 radical (unpaired) electrons. The highest BCUT2D eigenvalue weighted by molar-refractivity contribution is 7.90. The molecule has 0 saturated carbocycles. The van der Waals surface area contributed by atoms with Gasteiger partial charge in [-0.15, -0.1) is 0 Å². The number of anilines is 1. The van der Waals surface area contributed by atoms with Crippen molar-refractivity contribution in [2.75, 3.05) is 5.32 Å². The van der Waals surface area contributed by atoms with Crippen LogP contribution in [0, 0.1) is 0 Å². The molecule has 1 unspecified atom stereocenters. The molecule has 0 aliphatic rings. The lowest BCUT2D eigenvalue weighted by Gasteiger charge is -2.14. The predicted molar refractivity (Wildman–Crippen MR) is 95.2 cm³/mol. The van der Waals surface area contributed by atoms with Crippen LogP contribution in [0.5, 0.6) is 0 Å². The van der Waals surface area contributed by atoms with Crippen LogP contribution >= 0.6 is 0 Å². The fourth-order valence-corrected chi connectivity index (χ4v) is 2.97. The van der Waals surface area contributed by atoms with Crippen LogP contribution < -0.4 is 10.0 Å². The number of amides is 2. The van der Waals surface area contributed by atoms with E-state index in [1.807, 2.05) is 4.72 Å². The number of nitrogens with one attached hydrogen (secondary N) is 2. The van der Waals surface area contributed by atoms with Crippen LogP contribution in [0.2, 0.25) is 0 Å². The van der Waals surface area contributed by atoms with Crippen LogP contribution in [-0.2, 0) is 24.3 Å². The van der Waals surface area contributed by atoms with Gasteiger partial charge in [-0.3, -0.25) is 14.6 Å². The summed E-state index contributed by atoms with van der Waals surface area (Å²) in [6.07, 6.45) is 1.78. The van der Waals surface area contributed by atoms with Crippen molar-refractivity contribution in [3.05, 3.63) is 54.4 Å². The van der Waals surface area contributed by atoms with Gasteiger partial charge in [-0.25, -0.2) is 17.9 Å². The van der Waals surface area contributed by atoms with Gasteiger partial charge in [0.05, 0.1) is 10.5 Å². The zero-order valence-electron chi connectivity index (χ0n) is 14.5. The minimum Gasteiger partial charge on any atom is -0.449 e. The number of rotatable bonds is 6. The van der Waals surface area contributed by atoms with Crippen molar-refractivity contribution >= 4 is 33.5 Å². The third-order valence-corrected chi connectivity index (χ3v) is 4.73. The molecule has 1 atom stereocenters. The van der Waals surface area contributed by atoms with Crippen LogP contribution in [0.1, 0.15) is 24.2 Å². The Morgan fingerprint density at radius 2 is 1.63 bits per heavy atom. The minimum absolute atomic E-state index is 0.132. The average molecular weight is 391 g/mol. The number of ether oxygens (including phenoxy) is 1. The molecule has 0 aliphatic carbocycles. The summed E-state index contributed by atoms with van der Waals surface area (Å²) in [6.45, 7) is 2.49. The van der Waals surface area contributed by atoms with E-state index in [9.17, 15) is 22.8 Å². The molecule has 27 heavy (non-hydrogen) atoms. The lowest BCUT2D eigenvalue weighted by molar-refractivity contribution is -0.123. The van der Waals surface area contributed by atoms with E-state index in [4.69, 9.17) is 4.74 Å². The SMILES string of the molecule is CC(=O)NS(=O)(=O)c1ccc(NC(=O)C(C)OC(=O)c2ccncc2)cc1. The lowest BCUT2D eigenvalue weighted by Crippen LogP contribution is -2.30. The maximum atomic E-state index is 12.1. The molecule has 2 amide bonds. The van der Waals surface area contributed by atoms with Crippen molar-refractivity contribution in [1.82, 2.24) is 9.71 Å². The smallest absolute Gasteiger partial charge is 0.339 e. The van der Waals surface area contributed by atoms with E-state index in [0.717, 1.165) is 6.92 Å². The number of aromatic nitrogens is 1. The highest BCUT2D eigenvalue weighted by Gasteiger charge is 2.20. The van der Waals surface area contributed by atoms with E-state index in [1.54, 1.807) is 0 Å². The standard InChI is InChI=1S/C17H17N3O6S/c1-11(26-17(23)13-7-9-18-10-8-13)16(22)19-14-3-5-15(6-4-14)27(24,25)20-12(2)21/h3-11H,1-2H3,(H,19,22)(H,20,21). The van der Waals surface area contributed by atoms with Crippen molar-refractivity contribution in [2.24, 2.45) is 0 Å². The lowest BCUT2D eigenvalue weighted by atomic mass is 10.2. The zero-order valence-corrected chi connectivity index (χ0v) is 15.3. The number of sulfonamides is 1. The minimum atomic E-state index is -3.95. The predicted octanol–water partition coefficient (Wildman–Crippen LogP) is 1.09. The van der Waals surface area contributed by atoms with Gasteiger partial charge in [0.15, 0.2) is 6.10 Å². The van der Waals surface area contributed by atoms with Crippen LogP contribution in [0.4, 0.5) is 5.69 Å². The quantitative estimate of drug-likeness (QED) is 0.705. The topological polar surface area (TPSA) is 132 Å². The van der Waals surface area contributed by atoms with Crippen molar-refractivity contribution < 1.29 is 27.5 Å². The zero-order chi connectivity index (χ0) is 20.0. The number of carbonyl (C=O) groups excluding carboxylic acids is 3. The number of pyridine rings is 1. The molecular weight excluding hydrogens is 374 g/mol. The van der Waals surface area contributed by atoms with Gasteiger partial charge < -0.3 is 10.1 Å². The second-order valence-electron chi connectivity index (χ2n) is 5.46. The molecule has 2 N–H and O–H groups in total. The normalized spacial score (nSPS) is 11.9. The van der Waals surface area contributed by atoms with Crippen molar-refractivity contribution in [2.45, 2.75) is 24.8 Å². The van der Waals surface area contributed by atoms with Gasteiger partial charge in [-0.1, -0.05) is 0 Å². The largest absolute Gasteiger partial charge is 0.449 e. The molecule has 9 nitrogen and oxygen atoms in total. The molecule has 0 aliphatic heterocycles. The second-order valence-corrected chi connectivity index (χ2v) is 7.14. The molecule has 1 heterocycles. The van der Waals surface area contributed by atoms with Gasteiger partial charge in [-0.05, 0) is 43.3 Å². The maximum Gasteiger partial charge on any atom is 0.339 e. The van der Waals surface area contributed by atoms with Crippen LogP contribution in [0.25, 0.3) is 0 Å². The molecule has 0 fully saturated rings. The van der Waals surface area contributed by atoms with E-state index >= 15 is 0 Å². The molecule has 2 aromatic rings. The first-order valence-electron chi connectivity index (χ1n) is 7.74. The van der Waals surface area contributed by atoms with Gasteiger partial charge in [0.1, 0.15) is 0 Å². The van der Waals surface area contributed by atoms with Gasteiger partial charge in [0, 0.05) is 25.0 Å². The van der Waals surface area contributed by atoms with Crippen molar-refractivity contribution in [1.29, 1.82) is 0 Å². The molecule has 1 aromatic carbocycles. The molecule has 1 aromatic heterocycles. The highest BCUT2D eigenvalue weighted by Crippen LogP contribution is 2.15. The van der Waals surface area contributed by atoms with Crippen molar-refractivity contribution in [3.63, 3.8) is 0 Å². The summed E-state index contributed by atoms with van der Waals surface area (Å²) in [7, 11) is -3.95. The molecular formula is C17H17N3O6S. The Bertz CT molecular complexity index is 942. The van der Waals surface area contributed by atoms with E-state index in [2.05, 4.69) is 10.3 Å². The molecule has 142 valence electrons. The first kappa shape index (κ1) is 20.0.